The molecule has 9 amide bonds. The van der Waals surface area contributed by atoms with Crippen molar-refractivity contribution in [1.29, 1.82) is 5.26 Å². The normalized spacial score (nSPS) is 19.7. The average molecular weight is 1330 g/mol. The molecule has 0 bridgehead atoms. The molecule has 24 nitrogen and oxygen atoms in total. The van der Waals surface area contributed by atoms with Gasteiger partial charge < -0.3 is 54.7 Å². The van der Waals surface area contributed by atoms with Gasteiger partial charge in [0.25, 0.3) is 0 Å². The van der Waals surface area contributed by atoms with Gasteiger partial charge in [-0.3, -0.25) is 15.1 Å². The lowest BCUT2D eigenvalue weighted by atomic mass is 10.2. The number of urea groups is 3. The molecule has 0 spiro atoms. The maximum absolute atomic E-state index is 13.0. The first-order valence-electron chi connectivity index (χ1n) is 31.4. The molecule has 6 fully saturated rings. The summed E-state index contributed by atoms with van der Waals surface area (Å²) in [6.45, 7) is 24.1. The van der Waals surface area contributed by atoms with E-state index in [0.717, 1.165) is 76.4 Å². The fourth-order valence-electron chi connectivity index (χ4n) is 11.0. The zero-order valence-electron chi connectivity index (χ0n) is 54.4. The number of nitrogens with two attached hydrogens (primary N) is 1. The lowest BCUT2D eigenvalue weighted by Crippen LogP contribution is -2.42. The third-order valence-corrected chi connectivity index (χ3v) is 18.0. The van der Waals surface area contributed by atoms with E-state index in [-0.39, 0.29) is 60.5 Å². The van der Waals surface area contributed by atoms with Crippen molar-refractivity contribution in [2.24, 2.45) is 5.73 Å². The molecule has 12 rings (SSSR count). The largest absolute Gasteiger partial charge is 0.444 e. The highest BCUT2D eigenvalue weighted by Gasteiger charge is 2.42. The van der Waals surface area contributed by atoms with Crippen molar-refractivity contribution in [2.75, 3.05) is 93.7 Å². The van der Waals surface area contributed by atoms with Gasteiger partial charge in [-0.1, -0.05) is 91.0 Å². The van der Waals surface area contributed by atoms with Crippen molar-refractivity contribution in [2.45, 2.75) is 129 Å². The average Bonchev–Trinajstić information content (AvgIpc) is 1.66. The molecule has 6 aliphatic rings. The van der Waals surface area contributed by atoms with E-state index in [9.17, 15) is 28.8 Å². The summed E-state index contributed by atoms with van der Waals surface area (Å²) in [5.41, 5.74) is 9.94. The molecule has 3 aromatic carbocycles. The Morgan fingerprint density at radius 2 is 0.925 bits per heavy atom. The summed E-state index contributed by atoms with van der Waals surface area (Å²) in [6, 6.07) is 29.6. The number of likely N-dealkylation sites (tertiary alicyclic amines) is 4. The van der Waals surface area contributed by atoms with Crippen molar-refractivity contribution < 1.29 is 43.0 Å². The molecule has 6 aromatic rings. The van der Waals surface area contributed by atoms with Crippen molar-refractivity contribution in [1.82, 2.24) is 49.7 Å². The third kappa shape index (κ3) is 19.3. The summed E-state index contributed by atoms with van der Waals surface area (Å²) in [5, 5.41) is 22.5. The van der Waals surface area contributed by atoms with Gasteiger partial charge in [-0.05, 0) is 88.0 Å². The SMILES string of the molecule is CC(C)(C)OC(=O)N1CC[C@@H](N)C1.CC(C)(C)OC(=O)N1CC[C@@H](N2CCN(c3nc(-c4ccccc4)cs3)C2=O)C1.CC(C)(C)OC(=O)N1CC[C@@H](NC(=O)Nc2nc(-c3ccccc3)cs2)C1.N#CN1CC[C@@H](N2CCN(c3nc(-c4ccccc4)cs3)C2=O)C1. The second-order valence-electron chi connectivity index (χ2n) is 26.3. The summed E-state index contributed by atoms with van der Waals surface area (Å²) in [6.07, 6.45) is 4.46. The summed E-state index contributed by atoms with van der Waals surface area (Å²) in [7, 11) is 0. The molecule has 4 N–H and O–H groups in total. The van der Waals surface area contributed by atoms with E-state index < -0.39 is 16.8 Å². The second-order valence-corrected chi connectivity index (χ2v) is 28.8. The molecule has 496 valence electrons. The van der Waals surface area contributed by atoms with Crippen LogP contribution in [0.5, 0.6) is 0 Å². The number of nitriles is 1. The molecule has 93 heavy (non-hydrogen) atoms. The number of carbonyl (C=O) groups excluding carboxylic acids is 6. The van der Waals surface area contributed by atoms with Crippen molar-refractivity contribution in [3.05, 3.63) is 107 Å². The van der Waals surface area contributed by atoms with E-state index >= 15 is 0 Å². The molecule has 9 heterocycles. The summed E-state index contributed by atoms with van der Waals surface area (Å²) in [4.78, 5) is 102. The Labute approximate surface area is 556 Å². The van der Waals surface area contributed by atoms with Crippen molar-refractivity contribution >= 4 is 85.8 Å². The molecule has 0 saturated carbocycles. The van der Waals surface area contributed by atoms with Crippen LogP contribution in [0, 0.1) is 11.5 Å². The van der Waals surface area contributed by atoms with Gasteiger partial charge in [0, 0.05) is 123 Å². The van der Waals surface area contributed by atoms with Gasteiger partial charge in [0.1, 0.15) is 16.8 Å². The number of benzene rings is 3. The Morgan fingerprint density at radius 1 is 0.516 bits per heavy atom. The Balaban J connectivity index is 0.000000151. The number of anilines is 3. The zero-order chi connectivity index (χ0) is 66.6. The van der Waals surface area contributed by atoms with E-state index in [2.05, 4.69) is 31.8 Å². The number of rotatable bonds is 9. The highest BCUT2D eigenvalue weighted by Crippen LogP contribution is 2.34. The number of hydrogen-bond donors (Lipinski definition) is 3. The van der Waals surface area contributed by atoms with Crippen LogP contribution in [0.1, 0.15) is 88.0 Å². The number of carbonyl (C=O) groups is 6. The Kier molecular flexibility index (Phi) is 22.5. The van der Waals surface area contributed by atoms with Crippen LogP contribution < -0.4 is 26.2 Å². The van der Waals surface area contributed by atoms with Crippen LogP contribution in [0.3, 0.4) is 0 Å². The topological polar surface area (TPSA) is 269 Å². The maximum atomic E-state index is 13.0. The molecule has 0 aliphatic carbocycles. The number of hydrogen-bond acceptors (Lipinski definition) is 18. The first kappa shape index (κ1) is 68.8. The van der Waals surface area contributed by atoms with E-state index in [1.165, 1.54) is 34.0 Å². The van der Waals surface area contributed by atoms with Crippen LogP contribution in [-0.4, -0.2) is 200 Å². The number of amides is 9. The van der Waals surface area contributed by atoms with Crippen LogP contribution in [0.25, 0.3) is 33.8 Å². The predicted octanol–water partition coefficient (Wildman–Crippen LogP) is 11.6. The highest BCUT2D eigenvalue weighted by molar-refractivity contribution is 7.14. The van der Waals surface area contributed by atoms with Crippen LogP contribution in [-0.2, 0) is 14.2 Å². The van der Waals surface area contributed by atoms with Crippen LogP contribution in [0.15, 0.2) is 107 Å². The van der Waals surface area contributed by atoms with Gasteiger partial charge in [-0.2, -0.15) is 5.26 Å². The van der Waals surface area contributed by atoms with Crippen LogP contribution >= 0.6 is 34.0 Å². The second kappa shape index (κ2) is 30.4. The minimum atomic E-state index is -0.527. The molecule has 27 heteroatoms. The first-order chi connectivity index (χ1) is 44.3. The Bertz CT molecular complexity index is 3550. The summed E-state index contributed by atoms with van der Waals surface area (Å²) >= 11 is 4.36. The highest BCUT2D eigenvalue weighted by atomic mass is 32.1. The number of aromatic nitrogens is 3. The van der Waals surface area contributed by atoms with E-state index in [1.54, 1.807) is 29.4 Å². The zero-order valence-corrected chi connectivity index (χ0v) is 56.8. The number of ether oxygens (including phenoxy) is 3. The Morgan fingerprint density at radius 3 is 1.37 bits per heavy atom. The smallest absolute Gasteiger partial charge is 0.410 e. The fraction of sp³-hybridized carbons (Fsp3) is 0.485. The van der Waals surface area contributed by atoms with Gasteiger partial charge >= 0.3 is 36.4 Å². The van der Waals surface area contributed by atoms with Gasteiger partial charge in [-0.25, -0.2) is 43.7 Å². The molecule has 0 radical (unpaired) electrons. The lowest BCUT2D eigenvalue weighted by molar-refractivity contribution is 0.0276. The molecular formula is C66H85N15O9S3. The Hall–Kier alpha value is -8.58. The fourth-order valence-corrected chi connectivity index (χ4v) is 13.4. The predicted molar refractivity (Wildman–Crippen MR) is 362 cm³/mol. The standard InChI is InChI=1S/C21H26N4O3S.C19H24N4O3S.C17H17N5OS.C9H18N2O2/c1-21(2,3)28-20(27)23-10-9-16(13-23)24-11-12-25(19(24)26)18-22-17(14-29-18)15-7-5-4-6-8-15;1-19(2,3)26-18(25)23-10-9-14(11-23)20-16(24)22-17-21-15(12-27-17)13-7-5-4-6-8-13;18-12-20-7-6-14(10-20)21-8-9-22(17(21)23)16-19-15(11-24-16)13-4-2-1-3-5-13;1-9(2,3)13-8(12)11-5-4-7(10)6-11/h4-8,14,16H,9-13H2,1-3H3;4-8,12,14H,9-11H2,1-3H3,(H2,20,21,22,24);1-5,11,14H,6-10H2;7H,4-6,10H2,1-3H3/t16-;2*14-;7-/m1111/s1. The van der Waals surface area contributed by atoms with E-state index in [1.807, 2.05) is 179 Å². The molecule has 6 aliphatic heterocycles. The van der Waals surface area contributed by atoms with Crippen molar-refractivity contribution in [3.63, 3.8) is 0 Å². The minimum Gasteiger partial charge on any atom is -0.444 e. The lowest BCUT2D eigenvalue weighted by Gasteiger charge is -2.26. The summed E-state index contributed by atoms with van der Waals surface area (Å²) in [5.74, 6) is 0. The quantitative estimate of drug-likeness (QED) is 0.0897. The monoisotopic (exact) mass is 1330 g/mol. The van der Waals surface area contributed by atoms with Gasteiger partial charge in [-0.15, -0.1) is 34.0 Å². The van der Waals surface area contributed by atoms with E-state index in [0.29, 0.717) is 77.0 Å². The first-order valence-corrected chi connectivity index (χ1v) is 34.0. The molecule has 6 saturated heterocycles. The number of nitrogens with zero attached hydrogens (tertiary/aromatic N) is 12. The molecule has 4 atom stereocenters. The number of nitrogens with one attached hydrogen (secondary N) is 2. The van der Waals surface area contributed by atoms with E-state index in [4.69, 9.17) is 25.2 Å². The number of thiazole rings is 3. The molecule has 0 unspecified atom stereocenters. The van der Waals surface area contributed by atoms with Gasteiger partial charge in [0.2, 0.25) is 0 Å². The van der Waals surface area contributed by atoms with Gasteiger partial charge in [0.15, 0.2) is 21.6 Å². The maximum Gasteiger partial charge on any atom is 0.410 e. The summed E-state index contributed by atoms with van der Waals surface area (Å²) < 4.78 is 16.0. The van der Waals surface area contributed by atoms with Crippen LogP contribution in [0.4, 0.5) is 44.2 Å². The van der Waals surface area contributed by atoms with Gasteiger partial charge in [0.05, 0.1) is 29.2 Å². The van der Waals surface area contributed by atoms with Crippen LogP contribution in [0.2, 0.25) is 0 Å². The minimum absolute atomic E-state index is 0.00810. The van der Waals surface area contributed by atoms with Crippen molar-refractivity contribution in [3.8, 4) is 40.0 Å². The molecule has 3 aromatic heterocycles. The molecular weight excluding hydrogens is 1240 g/mol. The third-order valence-electron chi connectivity index (χ3n) is 15.5.